The molecule has 7 nitrogen and oxygen atoms in total. The fourth-order valence-corrected chi connectivity index (χ4v) is 7.02. The smallest absolute Gasteiger partial charge is 0.229 e. The first-order valence-corrected chi connectivity index (χ1v) is 13.4. The van der Waals surface area contributed by atoms with Gasteiger partial charge in [0.2, 0.25) is 21.1 Å². The van der Waals surface area contributed by atoms with Crippen LogP contribution >= 0.6 is 39.0 Å². The van der Waals surface area contributed by atoms with E-state index in [9.17, 15) is 13.2 Å². The molecule has 1 aliphatic heterocycles. The van der Waals surface area contributed by atoms with E-state index in [0.29, 0.717) is 36.3 Å². The molecule has 3 rings (SSSR count). The number of rotatable bonds is 7. The maximum atomic E-state index is 12.7. The Hall–Kier alpha value is -1.01. The molecule has 1 saturated heterocycles. The minimum atomic E-state index is -3.41. The van der Waals surface area contributed by atoms with Gasteiger partial charge < -0.3 is 5.32 Å². The van der Waals surface area contributed by atoms with E-state index in [1.807, 2.05) is 18.2 Å². The molecule has 158 valence electrons. The van der Waals surface area contributed by atoms with Crippen molar-refractivity contribution in [1.29, 1.82) is 0 Å². The molecule has 0 spiro atoms. The first-order valence-electron chi connectivity index (χ1n) is 9.26. The van der Waals surface area contributed by atoms with Crippen molar-refractivity contribution >= 4 is 60.1 Å². The third kappa shape index (κ3) is 6.48. The number of halogens is 1. The van der Waals surface area contributed by atoms with Crippen molar-refractivity contribution in [3.05, 3.63) is 34.3 Å². The molecule has 1 aliphatic rings. The summed E-state index contributed by atoms with van der Waals surface area (Å²) < 4.78 is 28.6. The third-order valence-corrected chi connectivity index (χ3v) is 8.70. The highest BCUT2D eigenvalue weighted by Crippen LogP contribution is 2.29. The standard InChI is InChI=1S/C18H23BrN4O3S3/c1-12(2)27-18-22-21-17(28-18)20-16(24)14-6-8-23(9-7-14)29(25,26)11-13-4-3-5-15(19)10-13/h3-5,10,12,14H,6-9,11H2,1-2H3,(H,20,21,24). The number of amides is 1. The van der Waals surface area contributed by atoms with E-state index >= 15 is 0 Å². The van der Waals surface area contributed by atoms with Gasteiger partial charge in [0.1, 0.15) is 0 Å². The maximum absolute atomic E-state index is 12.7. The van der Waals surface area contributed by atoms with Crippen LogP contribution in [0.1, 0.15) is 32.3 Å². The van der Waals surface area contributed by atoms with Crippen molar-refractivity contribution in [2.45, 2.75) is 42.0 Å². The van der Waals surface area contributed by atoms with Gasteiger partial charge in [-0.25, -0.2) is 12.7 Å². The molecule has 0 aliphatic carbocycles. The van der Waals surface area contributed by atoms with Crippen molar-refractivity contribution in [3.8, 4) is 0 Å². The summed E-state index contributed by atoms with van der Waals surface area (Å²) in [7, 11) is -3.41. The SMILES string of the molecule is CC(C)Sc1nnc(NC(=O)C2CCN(S(=O)(=O)Cc3cccc(Br)c3)CC2)s1. The van der Waals surface area contributed by atoms with Gasteiger partial charge in [-0.15, -0.1) is 10.2 Å². The Bertz CT molecular complexity index is 957. The number of nitrogens with one attached hydrogen (secondary N) is 1. The van der Waals surface area contributed by atoms with Crippen LogP contribution in [0.3, 0.4) is 0 Å². The first-order chi connectivity index (χ1) is 13.7. The number of piperidine rings is 1. The van der Waals surface area contributed by atoms with Crippen LogP contribution in [0.2, 0.25) is 0 Å². The van der Waals surface area contributed by atoms with Crippen LogP contribution in [0, 0.1) is 5.92 Å². The molecule has 0 atom stereocenters. The second-order valence-corrected chi connectivity index (χ2v) is 12.8. The number of benzene rings is 1. The van der Waals surface area contributed by atoms with Crippen molar-refractivity contribution in [2.24, 2.45) is 5.92 Å². The van der Waals surface area contributed by atoms with Gasteiger partial charge in [-0.05, 0) is 30.5 Å². The van der Waals surface area contributed by atoms with E-state index in [1.165, 1.54) is 15.6 Å². The summed E-state index contributed by atoms with van der Waals surface area (Å²) in [6.45, 7) is 4.84. The number of anilines is 1. The molecule has 0 saturated carbocycles. The van der Waals surface area contributed by atoms with Crippen LogP contribution in [0.4, 0.5) is 5.13 Å². The van der Waals surface area contributed by atoms with E-state index in [0.717, 1.165) is 14.4 Å². The maximum Gasteiger partial charge on any atom is 0.229 e. The summed E-state index contributed by atoms with van der Waals surface area (Å²) in [6, 6.07) is 7.30. The number of thioether (sulfide) groups is 1. The fraction of sp³-hybridized carbons (Fsp3) is 0.500. The Balaban J connectivity index is 1.52. The molecule has 2 heterocycles. The van der Waals surface area contributed by atoms with Crippen molar-refractivity contribution in [2.75, 3.05) is 18.4 Å². The lowest BCUT2D eigenvalue weighted by Gasteiger charge is -2.30. The molecule has 2 aromatic rings. The Kier molecular flexibility index (Phi) is 7.71. The molecule has 1 N–H and O–H groups in total. The summed E-state index contributed by atoms with van der Waals surface area (Å²) in [4.78, 5) is 12.5. The molecule has 29 heavy (non-hydrogen) atoms. The predicted octanol–water partition coefficient (Wildman–Crippen LogP) is 3.98. The van der Waals surface area contributed by atoms with Crippen molar-refractivity contribution < 1.29 is 13.2 Å². The number of hydrogen-bond donors (Lipinski definition) is 1. The normalized spacial score (nSPS) is 16.3. The highest BCUT2D eigenvalue weighted by Gasteiger charge is 2.31. The molecule has 1 amide bonds. The van der Waals surface area contributed by atoms with Gasteiger partial charge in [0.25, 0.3) is 0 Å². The number of sulfonamides is 1. The van der Waals surface area contributed by atoms with Gasteiger partial charge in [-0.3, -0.25) is 4.79 Å². The molecule has 0 unspecified atom stereocenters. The van der Waals surface area contributed by atoms with E-state index in [2.05, 4.69) is 45.3 Å². The lowest BCUT2D eigenvalue weighted by atomic mass is 9.97. The molecule has 1 fully saturated rings. The molecular weight excluding hydrogens is 496 g/mol. The number of hydrogen-bond acceptors (Lipinski definition) is 7. The van der Waals surface area contributed by atoms with Crippen LogP contribution in [0.25, 0.3) is 0 Å². The number of carbonyl (C=O) groups excluding carboxylic acids is 1. The number of aromatic nitrogens is 2. The zero-order valence-corrected chi connectivity index (χ0v) is 20.2. The summed E-state index contributed by atoms with van der Waals surface area (Å²) in [5, 5.41) is 11.8. The molecule has 0 bridgehead atoms. The van der Waals surface area contributed by atoms with Gasteiger partial charge >= 0.3 is 0 Å². The van der Waals surface area contributed by atoms with Crippen LogP contribution < -0.4 is 5.32 Å². The lowest BCUT2D eigenvalue weighted by molar-refractivity contribution is -0.120. The van der Waals surface area contributed by atoms with Crippen LogP contribution in [0.5, 0.6) is 0 Å². The molecule has 1 aromatic carbocycles. The van der Waals surface area contributed by atoms with E-state index in [-0.39, 0.29) is 17.6 Å². The summed E-state index contributed by atoms with van der Waals surface area (Å²) >= 11 is 6.33. The minimum Gasteiger partial charge on any atom is -0.300 e. The summed E-state index contributed by atoms with van der Waals surface area (Å²) in [6.07, 6.45) is 0.992. The Morgan fingerprint density at radius 2 is 2.07 bits per heavy atom. The van der Waals surface area contributed by atoms with Gasteiger partial charge in [-0.2, -0.15) is 0 Å². The monoisotopic (exact) mass is 518 g/mol. The van der Waals surface area contributed by atoms with E-state index < -0.39 is 10.0 Å². The van der Waals surface area contributed by atoms with Crippen LogP contribution in [-0.4, -0.2) is 47.2 Å². The molecule has 1 aromatic heterocycles. The van der Waals surface area contributed by atoms with Gasteiger partial charge in [0, 0.05) is 28.7 Å². The quantitative estimate of drug-likeness (QED) is 0.440. The average molecular weight is 520 g/mol. The Morgan fingerprint density at radius 3 is 2.72 bits per heavy atom. The minimum absolute atomic E-state index is 0.0373. The Labute approximate surface area is 187 Å². The second-order valence-electron chi connectivity index (χ2n) is 7.09. The first kappa shape index (κ1) is 22.7. The van der Waals surface area contributed by atoms with Crippen molar-refractivity contribution in [1.82, 2.24) is 14.5 Å². The highest BCUT2D eigenvalue weighted by molar-refractivity contribution is 9.10. The van der Waals surface area contributed by atoms with E-state index in [1.54, 1.807) is 17.8 Å². The highest BCUT2D eigenvalue weighted by atomic mass is 79.9. The summed E-state index contributed by atoms with van der Waals surface area (Å²) in [5.74, 6) is -0.381. The second kappa shape index (κ2) is 9.86. The number of carbonyl (C=O) groups is 1. The van der Waals surface area contributed by atoms with Gasteiger partial charge in [0.15, 0.2) is 4.34 Å². The average Bonchev–Trinajstić information content (AvgIpc) is 3.07. The molecule has 0 radical (unpaired) electrons. The lowest BCUT2D eigenvalue weighted by Crippen LogP contribution is -2.41. The molecule has 11 heteroatoms. The largest absolute Gasteiger partial charge is 0.300 e. The zero-order chi connectivity index (χ0) is 21.0. The van der Waals surface area contributed by atoms with Gasteiger partial charge in [-0.1, -0.05) is 65.0 Å². The van der Waals surface area contributed by atoms with Crippen LogP contribution in [-0.2, 0) is 20.6 Å². The topological polar surface area (TPSA) is 92.3 Å². The number of nitrogens with zero attached hydrogens (tertiary/aromatic N) is 3. The Morgan fingerprint density at radius 1 is 1.34 bits per heavy atom. The van der Waals surface area contributed by atoms with Gasteiger partial charge in [0.05, 0.1) is 5.75 Å². The van der Waals surface area contributed by atoms with E-state index in [4.69, 9.17) is 0 Å². The zero-order valence-electron chi connectivity index (χ0n) is 16.2. The third-order valence-electron chi connectivity index (χ3n) is 4.43. The fourth-order valence-electron chi connectivity index (χ4n) is 3.04. The van der Waals surface area contributed by atoms with Crippen LogP contribution in [0.15, 0.2) is 33.1 Å². The van der Waals surface area contributed by atoms with Crippen molar-refractivity contribution in [3.63, 3.8) is 0 Å². The summed E-state index contributed by atoms with van der Waals surface area (Å²) in [5.41, 5.74) is 0.741. The molecular formula is C18H23BrN4O3S3. The predicted molar refractivity (Wildman–Crippen MR) is 121 cm³/mol.